The highest BCUT2D eigenvalue weighted by Crippen LogP contribution is 1.98. The number of rotatable bonds is 2. The Morgan fingerprint density at radius 2 is 2.30 bits per heavy atom. The first-order chi connectivity index (χ1) is 4.74. The molecule has 0 spiro atoms. The van der Waals surface area contributed by atoms with Gasteiger partial charge in [-0.25, -0.2) is 8.42 Å². The van der Waals surface area contributed by atoms with Gasteiger partial charge in [0.25, 0.3) is 0 Å². The maximum atomic E-state index is 10.2. The number of thiol groups is 1. The standard InChI is InChI=1S/C5H7NO3S/c7-4-5-1-2-6(3-5)10(8)9/h1-3,7,10H,4H2. The smallest absolute Gasteiger partial charge is 0.228 e. The van der Waals surface area contributed by atoms with Gasteiger partial charge < -0.3 is 5.11 Å². The lowest BCUT2D eigenvalue weighted by Gasteiger charge is -1.85. The molecule has 56 valence electrons. The molecule has 0 saturated carbocycles. The summed E-state index contributed by atoms with van der Waals surface area (Å²) < 4.78 is 21.5. The van der Waals surface area contributed by atoms with Crippen LogP contribution in [0.15, 0.2) is 18.5 Å². The van der Waals surface area contributed by atoms with Gasteiger partial charge >= 0.3 is 0 Å². The number of hydrogen-bond donors (Lipinski definition) is 2. The van der Waals surface area contributed by atoms with Gasteiger partial charge in [0.05, 0.1) is 6.61 Å². The van der Waals surface area contributed by atoms with Crippen molar-refractivity contribution in [3.05, 3.63) is 24.0 Å². The third-order valence-electron chi connectivity index (χ3n) is 1.11. The Morgan fingerprint density at radius 1 is 1.60 bits per heavy atom. The van der Waals surface area contributed by atoms with Crippen LogP contribution in [-0.4, -0.2) is 17.5 Å². The molecule has 0 aromatic carbocycles. The molecule has 0 aliphatic heterocycles. The summed E-state index contributed by atoms with van der Waals surface area (Å²) in [6, 6.07) is 1.55. The molecule has 1 heterocycles. The highest BCUT2D eigenvalue weighted by atomic mass is 32.2. The predicted octanol–water partition coefficient (Wildman–Crippen LogP) is -0.645. The second-order valence-electron chi connectivity index (χ2n) is 1.80. The number of nitrogens with zero attached hydrogens (tertiary/aromatic N) is 1. The highest BCUT2D eigenvalue weighted by molar-refractivity contribution is 7.70. The van der Waals surface area contributed by atoms with Crippen LogP contribution >= 0.6 is 0 Å². The Hall–Kier alpha value is -0.810. The molecule has 1 N–H and O–H groups in total. The van der Waals surface area contributed by atoms with E-state index in [4.69, 9.17) is 5.11 Å². The van der Waals surface area contributed by atoms with E-state index >= 15 is 0 Å². The van der Waals surface area contributed by atoms with E-state index in [2.05, 4.69) is 0 Å². The lowest BCUT2D eigenvalue weighted by molar-refractivity contribution is 0.282. The summed E-state index contributed by atoms with van der Waals surface area (Å²) in [6.07, 6.45) is 2.75. The summed E-state index contributed by atoms with van der Waals surface area (Å²) in [5.74, 6) is 0. The Bertz CT molecular complexity index is 281. The highest BCUT2D eigenvalue weighted by Gasteiger charge is 1.93. The first kappa shape index (κ1) is 7.30. The van der Waals surface area contributed by atoms with E-state index in [0.717, 1.165) is 3.97 Å². The van der Waals surface area contributed by atoms with Gasteiger partial charge in [0, 0.05) is 12.4 Å². The molecule has 0 amide bonds. The molecule has 0 bridgehead atoms. The summed E-state index contributed by atoms with van der Waals surface area (Å²) >= 11 is 0. The van der Waals surface area contributed by atoms with Gasteiger partial charge in [0.15, 0.2) is 0 Å². The monoisotopic (exact) mass is 161 g/mol. The summed E-state index contributed by atoms with van der Waals surface area (Å²) in [5, 5.41) is 8.52. The van der Waals surface area contributed by atoms with Crippen LogP contribution < -0.4 is 0 Å². The Labute approximate surface area is 59.8 Å². The average Bonchev–Trinajstić information content (AvgIpc) is 2.34. The van der Waals surface area contributed by atoms with Gasteiger partial charge in [-0.15, -0.1) is 0 Å². The van der Waals surface area contributed by atoms with Crippen LogP contribution in [0.2, 0.25) is 0 Å². The van der Waals surface area contributed by atoms with Crippen LogP contribution in [0.3, 0.4) is 0 Å². The fourth-order valence-electron chi connectivity index (χ4n) is 0.623. The largest absolute Gasteiger partial charge is 0.392 e. The van der Waals surface area contributed by atoms with Crippen molar-refractivity contribution in [2.45, 2.75) is 6.61 Å². The van der Waals surface area contributed by atoms with Crippen molar-refractivity contribution in [3.63, 3.8) is 0 Å². The first-order valence-corrected chi connectivity index (χ1v) is 3.79. The molecule has 4 nitrogen and oxygen atoms in total. The van der Waals surface area contributed by atoms with Crippen LogP contribution in [0, 0.1) is 0 Å². The SMILES string of the molecule is O=[SH](=O)n1ccc(CO)c1. The maximum absolute atomic E-state index is 10.2. The Kier molecular flexibility index (Phi) is 2.08. The lowest BCUT2D eigenvalue weighted by atomic mass is 10.4. The summed E-state index contributed by atoms with van der Waals surface area (Å²) in [5.41, 5.74) is 0.596. The van der Waals surface area contributed by atoms with E-state index in [1.54, 1.807) is 6.07 Å². The molecule has 1 aromatic rings. The minimum atomic E-state index is -2.57. The van der Waals surface area contributed by atoms with Crippen LogP contribution in [0.4, 0.5) is 0 Å². The van der Waals surface area contributed by atoms with Crippen LogP contribution in [-0.2, 0) is 17.5 Å². The van der Waals surface area contributed by atoms with E-state index in [9.17, 15) is 8.42 Å². The fourth-order valence-corrected chi connectivity index (χ4v) is 1.04. The molecule has 0 atom stereocenters. The van der Waals surface area contributed by atoms with Crippen molar-refractivity contribution >= 4 is 10.9 Å². The number of aliphatic hydroxyl groups is 1. The maximum Gasteiger partial charge on any atom is 0.228 e. The second-order valence-corrected chi connectivity index (χ2v) is 2.73. The molecule has 10 heavy (non-hydrogen) atoms. The molecular formula is C5H7NO3S. The van der Waals surface area contributed by atoms with E-state index in [1.165, 1.54) is 12.4 Å². The van der Waals surface area contributed by atoms with E-state index in [-0.39, 0.29) is 6.61 Å². The van der Waals surface area contributed by atoms with Crippen LogP contribution in [0.1, 0.15) is 5.56 Å². The van der Waals surface area contributed by atoms with Gasteiger partial charge in [0.2, 0.25) is 10.9 Å². The fraction of sp³-hybridized carbons (Fsp3) is 0.200. The molecule has 0 aliphatic rings. The molecule has 0 aliphatic carbocycles. The minimum Gasteiger partial charge on any atom is -0.392 e. The quantitative estimate of drug-likeness (QED) is 0.567. The summed E-state index contributed by atoms with van der Waals surface area (Å²) in [7, 11) is -2.57. The van der Waals surface area contributed by atoms with E-state index in [0.29, 0.717) is 5.56 Å². The van der Waals surface area contributed by atoms with Gasteiger partial charge in [-0.3, -0.25) is 3.97 Å². The first-order valence-electron chi connectivity index (χ1n) is 2.66. The van der Waals surface area contributed by atoms with Crippen LogP contribution in [0.5, 0.6) is 0 Å². The molecule has 1 aromatic heterocycles. The zero-order valence-corrected chi connectivity index (χ0v) is 5.99. The zero-order valence-electron chi connectivity index (χ0n) is 5.10. The van der Waals surface area contributed by atoms with Crippen molar-refractivity contribution < 1.29 is 13.5 Å². The van der Waals surface area contributed by atoms with E-state index in [1.807, 2.05) is 0 Å². The van der Waals surface area contributed by atoms with Crippen molar-refractivity contribution in [1.82, 2.24) is 3.97 Å². The average molecular weight is 161 g/mol. The van der Waals surface area contributed by atoms with Crippen molar-refractivity contribution in [1.29, 1.82) is 0 Å². The van der Waals surface area contributed by atoms with Crippen LogP contribution in [0.25, 0.3) is 0 Å². The van der Waals surface area contributed by atoms with Gasteiger partial charge in [0.1, 0.15) is 0 Å². The Morgan fingerprint density at radius 3 is 2.60 bits per heavy atom. The topological polar surface area (TPSA) is 59.3 Å². The molecule has 0 saturated heterocycles. The van der Waals surface area contributed by atoms with Crippen molar-refractivity contribution in [2.75, 3.05) is 0 Å². The molecule has 0 radical (unpaired) electrons. The molecule has 5 heteroatoms. The predicted molar refractivity (Wildman–Crippen MR) is 36.1 cm³/mol. The van der Waals surface area contributed by atoms with Gasteiger partial charge in [-0.05, 0) is 11.6 Å². The number of aliphatic hydroxyl groups excluding tert-OH is 1. The normalized spacial score (nSPS) is 10.6. The zero-order chi connectivity index (χ0) is 7.56. The van der Waals surface area contributed by atoms with E-state index < -0.39 is 10.9 Å². The number of aromatic nitrogens is 1. The van der Waals surface area contributed by atoms with Gasteiger partial charge in [-0.1, -0.05) is 0 Å². The number of hydrogen-bond acceptors (Lipinski definition) is 3. The molecule has 1 rings (SSSR count). The minimum absolute atomic E-state index is 0.129. The molecule has 0 unspecified atom stereocenters. The molecule has 0 fully saturated rings. The Balaban J connectivity index is 2.99. The van der Waals surface area contributed by atoms with Gasteiger partial charge in [-0.2, -0.15) is 0 Å². The summed E-state index contributed by atoms with van der Waals surface area (Å²) in [4.78, 5) is 0. The third-order valence-corrected chi connectivity index (χ3v) is 1.74. The summed E-state index contributed by atoms with van der Waals surface area (Å²) in [6.45, 7) is -0.129. The lowest BCUT2D eigenvalue weighted by Crippen LogP contribution is -1.89. The second kappa shape index (κ2) is 2.85. The van der Waals surface area contributed by atoms with Crippen molar-refractivity contribution in [3.8, 4) is 0 Å². The molecular weight excluding hydrogens is 154 g/mol. The third kappa shape index (κ3) is 1.37. The van der Waals surface area contributed by atoms with Crippen molar-refractivity contribution in [2.24, 2.45) is 0 Å².